The van der Waals surface area contributed by atoms with Gasteiger partial charge in [0.1, 0.15) is 11.6 Å². The second-order valence-electron chi connectivity index (χ2n) is 3.15. The molecule has 2 rings (SSSR count). The van der Waals surface area contributed by atoms with Gasteiger partial charge in [-0.2, -0.15) is 0 Å². The molecule has 0 atom stereocenters. The molecule has 0 aliphatic carbocycles. The fourth-order valence-corrected chi connectivity index (χ4v) is 1.33. The quantitative estimate of drug-likeness (QED) is 0.838. The predicted octanol–water partition coefficient (Wildman–Crippen LogP) is 2.45. The maximum absolute atomic E-state index is 13.3. The Bertz CT molecular complexity index is 453. The molecule has 3 nitrogen and oxygen atoms in total. The van der Waals surface area contributed by atoms with Crippen molar-refractivity contribution in [3.63, 3.8) is 0 Å². The first-order valence-electron chi connectivity index (χ1n) is 4.65. The molecule has 0 saturated heterocycles. The molecule has 1 aromatic heterocycles. The number of halogens is 1. The van der Waals surface area contributed by atoms with Gasteiger partial charge in [-0.25, -0.2) is 9.37 Å². The molecule has 0 bridgehead atoms. The standard InChI is InChI=1S/C11H11FN2O/c1-13-11-14-7-9(15-11)6-8-4-2-3-5-10(8)12/h2-5,7H,6H2,1H3,(H,13,14). The number of rotatable bonds is 3. The van der Waals surface area contributed by atoms with Gasteiger partial charge in [0, 0.05) is 13.5 Å². The number of nitrogens with one attached hydrogen (secondary N) is 1. The summed E-state index contributed by atoms with van der Waals surface area (Å²) in [4.78, 5) is 3.96. The molecule has 1 N–H and O–H groups in total. The first kappa shape index (κ1) is 9.71. The molecule has 4 heteroatoms. The van der Waals surface area contributed by atoms with Crippen molar-refractivity contribution in [1.29, 1.82) is 0 Å². The average Bonchev–Trinajstić information content (AvgIpc) is 2.69. The zero-order chi connectivity index (χ0) is 10.7. The van der Waals surface area contributed by atoms with E-state index >= 15 is 0 Å². The summed E-state index contributed by atoms with van der Waals surface area (Å²) >= 11 is 0. The van der Waals surface area contributed by atoms with Crippen LogP contribution in [0.3, 0.4) is 0 Å². The van der Waals surface area contributed by atoms with Crippen LogP contribution >= 0.6 is 0 Å². The predicted molar refractivity (Wildman–Crippen MR) is 55.3 cm³/mol. The van der Waals surface area contributed by atoms with Crippen LogP contribution in [0.15, 0.2) is 34.9 Å². The molecule has 1 heterocycles. The zero-order valence-corrected chi connectivity index (χ0v) is 8.33. The molecule has 78 valence electrons. The van der Waals surface area contributed by atoms with Gasteiger partial charge < -0.3 is 9.73 Å². The molecule has 0 saturated carbocycles. The van der Waals surface area contributed by atoms with Crippen LogP contribution in [0.25, 0.3) is 0 Å². The number of nitrogens with zero attached hydrogens (tertiary/aromatic N) is 1. The van der Waals surface area contributed by atoms with E-state index in [1.807, 2.05) is 0 Å². The summed E-state index contributed by atoms with van der Waals surface area (Å²) < 4.78 is 18.6. The molecule has 2 aromatic rings. The molecular formula is C11H11FN2O. The summed E-state index contributed by atoms with van der Waals surface area (Å²) in [6.45, 7) is 0. The summed E-state index contributed by atoms with van der Waals surface area (Å²) in [6, 6.07) is 7.08. The van der Waals surface area contributed by atoms with Crippen LogP contribution in [-0.2, 0) is 6.42 Å². The molecule has 0 radical (unpaired) electrons. The van der Waals surface area contributed by atoms with Crippen molar-refractivity contribution in [2.24, 2.45) is 0 Å². The van der Waals surface area contributed by atoms with E-state index < -0.39 is 0 Å². The number of oxazole rings is 1. The van der Waals surface area contributed by atoms with Crippen molar-refractivity contribution in [2.75, 3.05) is 12.4 Å². The van der Waals surface area contributed by atoms with Crippen LogP contribution < -0.4 is 5.32 Å². The van der Waals surface area contributed by atoms with Gasteiger partial charge in [-0.05, 0) is 11.6 Å². The number of benzene rings is 1. The SMILES string of the molecule is CNc1ncc(Cc2ccccc2F)o1. The van der Waals surface area contributed by atoms with Crippen molar-refractivity contribution in [3.05, 3.63) is 47.6 Å². The van der Waals surface area contributed by atoms with Crippen LogP contribution in [0.4, 0.5) is 10.4 Å². The maximum Gasteiger partial charge on any atom is 0.294 e. The van der Waals surface area contributed by atoms with Crippen molar-refractivity contribution >= 4 is 6.01 Å². The third-order valence-electron chi connectivity index (χ3n) is 2.09. The van der Waals surface area contributed by atoms with E-state index in [1.165, 1.54) is 6.07 Å². The minimum Gasteiger partial charge on any atom is -0.428 e. The Balaban J connectivity index is 2.18. The summed E-state index contributed by atoms with van der Waals surface area (Å²) in [5.74, 6) is 0.421. The van der Waals surface area contributed by atoms with Gasteiger partial charge >= 0.3 is 0 Å². The zero-order valence-electron chi connectivity index (χ0n) is 8.33. The van der Waals surface area contributed by atoms with Crippen LogP contribution in [0.5, 0.6) is 0 Å². The van der Waals surface area contributed by atoms with Gasteiger partial charge in [0.05, 0.1) is 6.20 Å². The molecule has 1 aromatic carbocycles. The van der Waals surface area contributed by atoms with Crippen LogP contribution in [0.1, 0.15) is 11.3 Å². The Morgan fingerprint density at radius 2 is 2.20 bits per heavy atom. The molecule has 0 aliphatic heterocycles. The van der Waals surface area contributed by atoms with E-state index in [0.29, 0.717) is 23.8 Å². The first-order chi connectivity index (χ1) is 7.29. The van der Waals surface area contributed by atoms with E-state index in [9.17, 15) is 4.39 Å². The largest absolute Gasteiger partial charge is 0.428 e. The Labute approximate surface area is 86.9 Å². The van der Waals surface area contributed by atoms with E-state index in [1.54, 1.807) is 31.4 Å². The lowest BCUT2D eigenvalue weighted by Crippen LogP contribution is -1.90. The highest BCUT2D eigenvalue weighted by Gasteiger charge is 2.06. The highest BCUT2D eigenvalue weighted by Crippen LogP contribution is 2.15. The summed E-state index contributed by atoms with van der Waals surface area (Å²) in [6.07, 6.45) is 2.01. The molecule has 0 amide bonds. The van der Waals surface area contributed by atoms with Crippen molar-refractivity contribution in [3.8, 4) is 0 Å². The third kappa shape index (κ3) is 2.15. The lowest BCUT2D eigenvalue weighted by Gasteiger charge is -1.98. The maximum atomic E-state index is 13.3. The van der Waals surface area contributed by atoms with Crippen molar-refractivity contribution < 1.29 is 8.81 Å². The highest BCUT2D eigenvalue weighted by molar-refractivity contribution is 5.24. The minimum absolute atomic E-state index is 0.222. The normalized spacial score (nSPS) is 10.3. The minimum atomic E-state index is -0.222. The summed E-state index contributed by atoms with van der Waals surface area (Å²) in [5.41, 5.74) is 0.608. The molecule has 0 spiro atoms. The van der Waals surface area contributed by atoms with Crippen LogP contribution in [0, 0.1) is 5.82 Å². The third-order valence-corrected chi connectivity index (χ3v) is 2.09. The van der Waals surface area contributed by atoms with Gasteiger partial charge in [0.25, 0.3) is 6.01 Å². The second-order valence-corrected chi connectivity index (χ2v) is 3.15. The van der Waals surface area contributed by atoms with Crippen LogP contribution in [-0.4, -0.2) is 12.0 Å². The number of hydrogen-bond acceptors (Lipinski definition) is 3. The van der Waals surface area contributed by atoms with E-state index in [4.69, 9.17) is 4.42 Å². The molecule has 0 unspecified atom stereocenters. The van der Waals surface area contributed by atoms with Crippen LogP contribution in [0.2, 0.25) is 0 Å². The molecule has 15 heavy (non-hydrogen) atoms. The van der Waals surface area contributed by atoms with Gasteiger partial charge in [-0.3, -0.25) is 0 Å². The van der Waals surface area contributed by atoms with Gasteiger partial charge in [0.15, 0.2) is 0 Å². The van der Waals surface area contributed by atoms with Crippen molar-refractivity contribution in [1.82, 2.24) is 4.98 Å². The van der Waals surface area contributed by atoms with E-state index in [0.717, 1.165) is 0 Å². The second kappa shape index (κ2) is 4.13. The fourth-order valence-electron chi connectivity index (χ4n) is 1.33. The smallest absolute Gasteiger partial charge is 0.294 e. The van der Waals surface area contributed by atoms with E-state index in [-0.39, 0.29) is 5.82 Å². The first-order valence-corrected chi connectivity index (χ1v) is 4.65. The topological polar surface area (TPSA) is 38.1 Å². The Hall–Kier alpha value is -1.84. The summed E-state index contributed by atoms with van der Waals surface area (Å²) in [7, 11) is 1.72. The molecular weight excluding hydrogens is 195 g/mol. The number of anilines is 1. The molecule has 0 aliphatic rings. The number of hydrogen-bond donors (Lipinski definition) is 1. The lowest BCUT2D eigenvalue weighted by molar-refractivity contribution is 0.523. The summed E-state index contributed by atoms with van der Waals surface area (Å²) in [5, 5.41) is 2.78. The van der Waals surface area contributed by atoms with Gasteiger partial charge in [-0.1, -0.05) is 18.2 Å². The fraction of sp³-hybridized carbons (Fsp3) is 0.182. The van der Waals surface area contributed by atoms with Gasteiger partial charge in [0.2, 0.25) is 0 Å². The highest BCUT2D eigenvalue weighted by atomic mass is 19.1. The lowest BCUT2D eigenvalue weighted by atomic mass is 10.1. The van der Waals surface area contributed by atoms with Crippen molar-refractivity contribution in [2.45, 2.75) is 6.42 Å². The van der Waals surface area contributed by atoms with E-state index in [2.05, 4.69) is 10.3 Å². The van der Waals surface area contributed by atoms with Gasteiger partial charge in [-0.15, -0.1) is 0 Å². The Morgan fingerprint density at radius 3 is 2.87 bits per heavy atom. The average molecular weight is 206 g/mol. The monoisotopic (exact) mass is 206 g/mol. The molecule has 0 fully saturated rings. The Morgan fingerprint density at radius 1 is 1.40 bits per heavy atom. The number of aromatic nitrogens is 1. The Kier molecular flexibility index (Phi) is 2.67.